The van der Waals surface area contributed by atoms with Gasteiger partial charge in [-0.15, -0.1) is 37.9 Å². The number of phenols is 1. The first-order valence-corrected chi connectivity index (χ1v) is 30.6. The van der Waals surface area contributed by atoms with E-state index in [1.165, 1.54) is 28.0 Å². The van der Waals surface area contributed by atoms with Crippen LogP contribution in [0.25, 0.3) is 0 Å². The lowest BCUT2D eigenvalue weighted by Crippen LogP contribution is -2.45. The van der Waals surface area contributed by atoms with Crippen LogP contribution in [0.4, 0.5) is 47.3 Å². The number of ether oxygens (including phenoxy) is 7. The van der Waals surface area contributed by atoms with Crippen LogP contribution in [0.15, 0.2) is 72.8 Å². The molecular formula is C66H83ClF6N4O14. The largest absolute Gasteiger partial charge is 0.573 e. The molecule has 4 amide bonds. The Balaban J connectivity index is 0.000000244. The minimum Gasteiger partial charge on any atom is -0.508 e. The van der Waals surface area contributed by atoms with Gasteiger partial charge in [-0.2, -0.15) is 0 Å². The topological polar surface area (TPSA) is 200 Å². The van der Waals surface area contributed by atoms with E-state index in [0.29, 0.717) is 65.3 Å². The number of carbonyl (C=O) groups is 6. The van der Waals surface area contributed by atoms with Gasteiger partial charge in [0.05, 0.1) is 12.8 Å². The molecule has 1 N–H and O–H groups in total. The summed E-state index contributed by atoms with van der Waals surface area (Å²) in [5.74, 6) is -0.748. The van der Waals surface area contributed by atoms with Crippen LogP contribution in [0.5, 0.6) is 23.0 Å². The van der Waals surface area contributed by atoms with Crippen molar-refractivity contribution in [3.05, 3.63) is 106 Å². The molecule has 0 saturated heterocycles. The Morgan fingerprint density at radius 2 is 0.923 bits per heavy atom. The van der Waals surface area contributed by atoms with Crippen LogP contribution in [0.3, 0.4) is 0 Å². The van der Waals surface area contributed by atoms with E-state index < -0.39 is 59.3 Å². The molecule has 2 saturated carbocycles. The highest BCUT2D eigenvalue weighted by Gasteiger charge is 2.38. The normalized spacial score (nSPS) is 14.7. The molecule has 4 aliphatic rings. The minimum absolute atomic E-state index is 0.00580. The summed E-state index contributed by atoms with van der Waals surface area (Å²) in [6.45, 7) is 21.2. The molecule has 4 aromatic rings. The monoisotopic (exact) mass is 1300 g/mol. The van der Waals surface area contributed by atoms with Gasteiger partial charge in [-0.05, 0) is 215 Å². The van der Waals surface area contributed by atoms with Crippen molar-refractivity contribution in [2.24, 2.45) is 0 Å². The zero-order valence-electron chi connectivity index (χ0n) is 53.6. The van der Waals surface area contributed by atoms with Gasteiger partial charge in [-0.3, -0.25) is 29.0 Å². The number of anilines is 2. The maximum Gasteiger partial charge on any atom is 0.573 e. The molecule has 0 radical (unpaired) electrons. The summed E-state index contributed by atoms with van der Waals surface area (Å²) in [5, 5.41) is 9.63. The quantitative estimate of drug-likeness (QED) is 0.0427. The van der Waals surface area contributed by atoms with E-state index in [2.05, 4.69) is 9.47 Å². The number of aromatic hydroxyl groups is 1. The van der Waals surface area contributed by atoms with E-state index in [1.807, 2.05) is 0 Å². The number of fused-ring (bicyclic) bond motifs is 2. The first-order valence-electron chi connectivity index (χ1n) is 30.0. The molecule has 0 spiro atoms. The zero-order chi connectivity index (χ0) is 67.6. The molecule has 91 heavy (non-hydrogen) atoms. The number of carbonyl (C=O) groups excluding carboxylic acids is 6. The summed E-state index contributed by atoms with van der Waals surface area (Å²) in [4.78, 5) is 81.9. The van der Waals surface area contributed by atoms with Gasteiger partial charge in [0.15, 0.2) is 0 Å². The molecule has 18 nitrogen and oxygen atoms in total. The van der Waals surface area contributed by atoms with Gasteiger partial charge in [0, 0.05) is 43.4 Å². The second-order valence-electron chi connectivity index (χ2n) is 26.5. The Hall–Kier alpha value is -7.63. The molecule has 2 fully saturated rings. The van der Waals surface area contributed by atoms with E-state index in [-0.39, 0.29) is 92.4 Å². The van der Waals surface area contributed by atoms with Gasteiger partial charge in [0.2, 0.25) is 11.8 Å². The number of phenolic OH excluding ortho intramolecular Hbond substituents is 1. The first kappa shape index (κ1) is 72.4. The summed E-state index contributed by atoms with van der Waals surface area (Å²) in [5.41, 5.74) is 2.60. The SMILES string of the molecule is CC(C)(C)OC(=O)CCN(CC(=O)N1CCc2cc(O)ccc21)C(=O)OC(C)(C)C.CC(C)(C)OC(=O)CCN(CC(=O)N1CCc2cc(OCc3ccc(C4CC4)c(OC(F)(F)F)c3)ccc21)C(=O)OC(C)(C)C.FC(F)(F)Oc1cc(CCl)ccc1C1CC1. The summed E-state index contributed by atoms with van der Waals surface area (Å²) >= 11 is 5.58. The van der Waals surface area contributed by atoms with Crippen molar-refractivity contribution in [1.29, 1.82) is 0 Å². The van der Waals surface area contributed by atoms with Crippen molar-refractivity contribution in [2.45, 2.75) is 194 Å². The van der Waals surface area contributed by atoms with E-state index >= 15 is 0 Å². The highest BCUT2D eigenvalue weighted by molar-refractivity contribution is 6.17. The minimum atomic E-state index is -4.78. The number of amides is 4. The lowest BCUT2D eigenvalue weighted by molar-refractivity contribution is -0.276. The number of hydrogen-bond acceptors (Lipinski definition) is 14. The predicted octanol–water partition coefficient (Wildman–Crippen LogP) is 14.4. The molecule has 2 aliphatic carbocycles. The Morgan fingerprint density at radius 1 is 0.527 bits per heavy atom. The predicted molar refractivity (Wildman–Crippen MR) is 327 cm³/mol. The van der Waals surface area contributed by atoms with E-state index in [9.17, 15) is 60.2 Å². The Bertz CT molecular complexity index is 3230. The second-order valence-corrected chi connectivity index (χ2v) is 26.7. The molecule has 500 valence electrons. The van der Waals surface area contributed by atoms with Crippen molar-refractivity contribution >= 4 is 58.9 Å². The van der Waals surface area contributed by atoms with E-state index in [0.717, 1.165) is 36.8 Å². The Labute approximate surface area is 532 Å². The number of nitrogens with zero attached hydrogens (tertiary/aromatic N) is 4. The van der Waals surface area contributed by atoms with Gasteiger partial charge in [-0.1, -0.05) is 24.3 Å². The Morgan fingerprint density at radius 3 is 1.32 bits per heavy atom. The number of rotatable bonds is 18. The fourth-order valence-corrected chi connectivity index (χ4v) is 9.78. The molecule has 0 aromatic heterocycles. The summed E-state index contributed by atoms with van der Waals surface area (Å²) in [6.07, 6.45) is -6.26. The summed E-state index contributed by atoms with van der Waals surface area (Å²) in [7, 11) is 0. The van der Waals surface area contributed by atoms with Gasteiger partial charge >= 0.3 is 36.8 Å². The van der Waals surface area contributed by atoms with Crippen LogP contribution in [0, 0.1) is 0 Å². The van der Waals surface area contributed by atoms with Crippen molar-refractivity contribution in [2.75, 3.05) is 49.1 Å². The van der Waals surface area contributed by atoms with Crippen LogP contribution in [-0.4, -0.2) is 125 Å². The highest BCUT2D eigenvalue weighted by atomic mass is 35.5. The van der Waals surface area contributed by atoms with Gasteiger partial charge in [-0.25, -0.2) is 9.59 Å². The molecule has 0 unspecified atom stereocenters. The third kappa shape index (κ3) is 24.5. The average Bonchev–Trinajstić information content (AvgIpc) is 1.74. The number of hydrogen-bond donors (Lipinski definition) is 1. The lowest BCUT2D eigenvalue weighted by atomic mass is 10.1. The number of benzene rings is 4. The molecule has 2 aliphatic heterocycles. The van der Waals surface area contributed by atoms with Crippen LogP contribution in [0.2, 0.25) is 0 Å². The molecule has 4 aromatic carbocycles. The van der Waals surface area contributed by atoms with Crippen molar-refractivity contribution in [3.63, 3.8) is 0 Å². The van der Waals surface area contributed by atoms with Gasteiger partial charge in [0.1, 0.15) is 65.1 Å². The smallest absolute Gasteiger partial charge is 0.508 e. The van der Waals surface area contributed by atoms with Crippen LogP contribution in [-0.2, 0) is 63.5 Å². The van der Waals surface area contributed by atoms with Crippen LogP contribution in [0.1, 0.15) is 167 Å². The van der Waals surface area contributed by atoms with Crippen LogP contribution >= 0.6 is 11.6 Å². The second kappa shape index (κ2) is 29.8. The molecule has 0 bridgehead atoms. The van der Waals surface area contributed by atoms with Crippen molar-refractivity contribution in [1.82, 2.24) is 9.80 Å². The van der Waals surface area contributed by atoms with Crippen molar-refractivity contribution < 1.29 is 93.4 Å². The van der Waals surface area contributed by atoms with Gasteiger partial charge in [0.25, 0.3) is 0 Å². The molecular weight excluding hydrogens is 1220 g/mol. The third-order valence-electron chi connectivity index (χ3n) is 13.7. The van der Waals surface area contributed by atoms with Crippen LogP contribution < -0.4 is 24.0 Å². The fraction of sp³-hybridized carbons (Fsp3) is 0.545. The summed E-state index contributed by atoms with van der Waals surface area (Å²) < 4.78 is 111. The maximum absolute atomic E-state index is 13.4. The average molecular weight is 1310 g/mol. The fourth-order valence-electron chi connectivity index (χ4n) is 9.62. The van der Waals surface area contributed by atoms with E-state index in [1.54, 1.807) is 147 Å². The molecule has 25 heteroatoms. The number of alkyl halides is 7. The Kier molecular flexibility index (Phi) is 23.7. The number of esters is 2. The first-order chi connectivity index (χ1) is 42.1. The van der Waals surface area contributed by atoms with E-state index in [4.69, 9.17) is 35.3 Å². The summed E-state index contributed by atoms with van der Waals surface area (Å²) in [6, 6.07) is 19.6. The zero-order valence-corrected chi connectivity index (χ0v) is 54.3. The maximum atomic E-state index is 13.4. The van der Waals surface area contributed by atoms with Gasteiger partial charge < -0.3 is 48.1 Å². The van der Waals surface area contributed by atoms with Crippen molar-refractivity contribution in [3.8, 4) is 23.0 Å². The third-order valence-corrected chi connectivity index (χ3v) is 14.0. The molecule has 8 rings (SSSR count). The standard InChI is InChI=1S/C33H41F3N2O7.C22H32N2O6.C11H10ClF3O/c1-31(2,3)44-29(40)14-15-37(30(41)45-32(4,5)6)19-28(39)38-16-13-23-18-24(10-12-26(23)38)42-20-21-7-11-25(22-8-9-22)27(17-21)43-33(34,35)36;1-21(2,3)29-19(27)10-11-23(20(28)30-22(4,5)6)14-18(26)24-12-9-15-13-16(25)7-8-17(15)24;12-6-7-1-4-9(8-2-3-8)10(5-7)16-11(13,14)15/h7,10-12,17-18,22H,8-9,13-16,19-20H2,1-6H3;7-8,13,25H,9-12,14H2,1-6H3;1,4-5,8H,2-3,6H2. The highest BCUT2D eigenvalue weighted by Crippen LogP contribution is 2.47. The molecule has 0 atom stereocenters. The number of halogens is 7. The lowest BCUT2D eigenvalue weighted by Gasteiger charge is -2.29. The molecule has 2 heterocycles.